The van der Waals surface area contributed by atoms with Gasteiger partial charge in [-0.1, -0.05) is 0 Å². The van der Waals surface area contributed by atoms with Crippen LogP contribution < -0.4 is 10.4 Å². The standard InChI is InChI=1S/C13H20N4O3/c1-3-20-13(18)15-12-9-11(14-10(2)17(12)19)16-7-5-4-6-8-16/h9,19H,3-8H2,1-2H3/b15-12+. The first kappa shape index (κ1) is 14.4. The van der Waals surface area contributed by atoms with Gasteiger partial charge in [-0.25, -0.2) is 9.78 Å². The molecule has 0 atom stereocenters. The Hall–Kier alpha value is -2.05. The van der Waals surface area contributed by atoms with Crippen molar-refractivity contribution in [3.63, 3.8) is 0 Å². The number of ether oxygens (including phenoxy) is 1. The Morgan fingerprint density at radius 3 is 2.80 bits per heavy atom. The molecule has 1 aromatic heterocycles. The van der Waals surface area contributed by atoms with E-state index in [0.717, 1.165) is 36.5 Å². The normalized spacial score (nSPS) is 16.3. The first-order valence-corrected chi connectivity index (χ1v) is 6.88. The van der Waals surface area contributed by atoms with E-state index in [1.807, 2.05) is 0 Å². The van der Waals surface area contributed by atoms with E-state index in [0.29, 0.717) is 5.82 Å². The minimum atomic E-state index is -0.717. The zero-order valence-corrected chi connectivity index (χ0v) is 11.9. The maximum absolute atomic E-state index is 11.4. The van der Waals surface area contributed by atoms with Crippen LogP contribution in [0.4, 0.5) is 10.6 Å². The van der Waals surface area contributed by atoms with Crippen molar-refractivity contribution in [2.75, 3.05) is 24.6 Å². The van der Waals surface area contributed by atoms with Crippen LogP contribution >= 0.6 is 0 Å². The molecule has 0 bridgehead atoms. The van der Waals surface area contributed by atoms with Gasteiger partial charge in [0.15, 0.2) is 5.49 Å². The zero-order valence-electron chi connectivity index (χ0n) is 11.9. The van der Waals surface area contributed by atoms with Crippen LogP contribution in [0.3, 0.4) is 0 Å². The largest absolute Gasteiger partial charge is 0.448 e. The van der Waals surface area contributed by atoms with Crippen LogP contribution in [0, 0.1) is 6.92 Å². The number of aromatic nitrogens is 2. The molecule has 0 aliphatic carbocycles. The highest BCUT2D eigenvalue weighted by atomic mass is 16.5. The molecular formula is C13H20N4O3. The van der Waals surface area contributed by atoms with Gasteiger partial charge in [0.1, 0.15) is 11.6 Å². The van der Waals surface area contributed by atoms with Crippen molar-refractivity contribution in [2.24, 2.45) is 4.99 Å². The molecule has 7 nitrogen and oxygen atoms in total. The quantitative estimate of drug-likeness (QED) is 0.830. The Morgan fingerprint density at radius 2 is 2.15 bits per heavy atom. The molecule has 0 saturated carbocycles. The lowest BCUT2D eigenvalue weighted by molar-refractivity contribution is 0.149. The predicted molar refractivity (Wildman–Crippen MR) is 72.8 cm³/mol. The van der Waals surface area contributed by atoms with E-state index in [1.54, 1.807) is 19.9 Å². The third kappa shape index (κ3) is 3.28. The number of hydrogen-bond acceptors (Lipinski definition) is 5. The van der Waals surface area contributed by atoms with Gasteiger partial charge in [0.05, 0.1) is 6.61 Å². The molecule has 7 heteroatoms. The molecule has 1 aliphatic heterocycles. The van der Waals surface area contributed by atoms with Gasteiger partial charge >= 0.3 is 6.09 Å². The summed E-state index contributed by atoms with van der Waals surface area (Å²) >= 11 is 0. The number of piperidine rings is 1. The summed E-state index contributed by atoms with van der Waals surface area (Å²) in [6.45, 7) is 5.48. The molecule has 2 heterocycles. The van der Waals surface area contributed by atoms with Gasteiger partial charge in [0.25, 0.3) is 0 Å². The van der Waals surface area contributed by atoms with Crippen LogP contribution in [0.5, 0.6) is 0 Å². The minimum Gasteiger partial charge on any atom is -0.448 e. The molecule has 110 valence electrons. The third-order valence-electron chi connectivity index (χ3n) is 3.21. The fourth-order valence-corrected chi connectivity index (χ4v) is 2.20. The van der Waals surface area contributed by atoms with Crippen molar-refractivity contribution in [1.29, 1.82) is 0 Å². The maximum atomic E-state index is 11.4. The SMILES string of the molecule is CCOC(=O)/N=c1\cc(N2CCCCC2)nc(C)n1O. The van der Waals surface area contributed by atoms with Crippen LogP contribution in [0.25, 0.3) is 0 Å². The van der Waals surface area contributed by atoms with Gasteiger partial charge in [-0.15, -0.1) is 0 Å². The zero-order chi connectivity index (χ0) is 14.5. The van der Waals surface area contributed by atoms with E-state index in [9.17, 15) is 10.0 Å². The van der Waals surface area contributed by atoms with Crippen molar-refractivity contribution in [3.8, 4) is 0 Å². The fourth-order valence-electron chi connectivity index (χ4n) is 2.20. The molecule has 2 rings (SSSR count). The highest BCUT2D eigenvalue weighted by Crippen LogP contribution is 2.16. The first-order chi connectivity index (χ1) is 9.61. The number of anilines is 1. The lowest BCUT2D eigenvalue weighted by Crippen LogP contribution is -2.33. The summed E-state index contributed by atoms with van der Waals surface area (Å²) in [7, 11) is 0. The molecule has 1 aliphatic rings. The van der Waals surface area contributed by atoms with Crippen molar-refractivity contribution in [2.45, 2.75) is 33.1 Å². The number of rotatable bonds is 2. The summed E-state index contributed by atoms with van der Waals surface area (Å²) in [5.74, 6) is 1.12. The number of carbonyl (C=O) groups excluding carboxylic acids is 1. The minimum absolute atomic E-state index is 0.136. The lowest BCUT2D eigenvalue weighted by Gasteiger charge is -2.27. The van der Waals surface area contributed by atoms with E-state index < -0.39 is 6.09 Å². The summed E-state index contributed by atoms with van der Waals surface area (Å²) in [4.78, 5) is 21.6. The highest BCUT2D eigenvalue weighted by Gasteiger charge is 2.14. The fraction of sp³-hybridized carbons (Fsp3) is 0.615. The summed E-state index contributed by atoms with van der Waals surface area (Å²) in [5.41, 5.74) is 0.136. The topological polar surface area (TPSA) is 80.0 Å². The van der Waals surface area contributed by atoms with Crippen LogP contribution in [0.2, 0.25) is 0 Å². The van der Waals surface area contributed by atoms with E-state index >= 15 is 0 Å². The van der Waals surface area contributed by atoms with E-state index in [4.69, 9.17) is 4.74 Å². The molecule has 1 fully saturated rings. The number of aryl methyl sites for hydroxylation is 1. The molecule has 1 amide bonds. The van der Waals surface area contributed by atoms with Gasteiger partial charge in [-0.3, -0.25) is 0 Å². The van der Waals surface area contributed by atoms with Gasteiger partial charge in [-0.2, -0.15) is 9.72 Å². The Labute approximate surface area is 117 Å². The van der Waals surface area contributed by atoms with Crippen molar-refractivity contribution < 1.29 is 14.7 Å². The third-order valence-corrected chi connectivity index (χ3v) is 3.21. The Bertz CT molecular complexity index is 547. The van der Waals surface area contributed by atoms with Gasteiger partial charge in [0, 0.05) is 19.2 Å². The summed E-state index contributed by atoms with van der Waals surface area (Å²) in [6, 6.07) is 1.61. The Kier molecular flexibility index (Phi) is 4.60. The Morgan fingerprint density at radius 1 is 1.45 bits per heavy atom. The highest BCUT2D eigenvalue weighted by molar-refractivity contribution is 5.68. The van der Waals surface area contributed by atoms with Gasteiger partial charge < -0.3 is 14.8 Å². The van der Waals surface area contributed by atoms with Crippen molar-refractivity contribution >= 4 is 11.9 Å². The summed E-state index contributed by atoms with van der Waals surface area (Å²) in [6.07, 6.45) is 2.76. The molecule has 0 spiro atoms. The second-order valence-corrected chi connectivity index (χ2v) is 4.69. The van der Waals surface area contributed by atoms with E-state index in [2.05, 4.69) is 14.9 Å². The molecule has 1 aromatic rings. The van der Waals surface area contributed by atoms with E-state index in [1.165, 1.54) is 6.42 Å². The predicted octanol–water partition coefficient (Wildman–Crippen LogP) is 1.48. The summed E-state index contributed by atoms with van der Waals surface area (Å²) in [5, 5.41) is 9.87. The van der Waals surface area contributed by atoms with E-state index in [-0.39, 0.29) is 12.1 Å². The molecular weight excluding hydrogens is 260 g/mol. The average Bonchev–Trinajstić information content (AvgIpc) is 2.45. The van der Waals surface area contributed by atoms with Crippen LogP contribution in [-0.4, -0.2) is 40.7 Å². The Balaban J connectivity index is 2.36. The van der Waals surface area contributed by atoms with Crippen LogP contribution in [0.15, 0.2) is 11.1 Å². The number of carbonyl (C=O) groups is 1. The van der Waals surface area contributed by atoms with Gasteiger partial charge in [0.2, 0.25) is 0 Å². The van der Waals surface area contributed by atoms with Crippen LogP contribution in [-0.2, 0) is 4.74 Å². The smallest absolute Gasteiger partial charge is 0.435 e. The average molecular weight is 280 g/mol. The number of amides is 1. The van der Waals surface area contributed by atoms with Crippen molar-refractivity contribution in [3.05, 3.63) is 17.4 Å². The second kappa shape index (κ2) is 6.40. The van der Waals surface area contributed by atoms with Gasteiger partial charge in [-0.05, 0) is 33.1 Å². The van der Waals surface area contributed by atoms with Crippen molar-refractivity contribution in [1.82, 2.24) is 9.71 Å². The summed E-state index contributed by atoms with van der Waals surface area (Å²) < 4.78 is 5.56. The molecule has 0 unspecified atom stereocenters. The first-order valence-electron chi connectivity index (χ1n) is 6.88. The lowest BCUT2D eigenvalue weighted by atomic mass is 10.1. The molecule has 20 heavy (non-hydrogen) atoms. The molecule has 1 N–H and O–H groups in total. The molecule has 0 aromatic carbocycles. The number of hydrogen-bond donors (Lipinski definition) is 1. The number of nitrogens with zero attached hydrogens (tertiary/aromatic N) is 4. The maximum Gasteiger partial charge on any atom is 0.435 e. The molecule has 1 saturated heterocycles. The van der Waals surface area contributed by atoms with Crippen LogP contribution in [0.1, 0.15) is 32.0 Å². The second-order valence-electron chi connectivity index (χ2n) is 4.69. The monoisotopic (exact) mass is 280 g/mol. The molecule has 0 radical (unpaired) electrons.